The van der Waals surface area contributed by atoms with Crippen molar-refractivity contribution in [3.63, 3.8) is 0 Å². The zero-order valence-corrected chi connectivity index (χ0v) is 12.2. The quantitative estimate of drug-likeness (QED) is 0.815. The summed E-state index contributed by atoms with van der Waals surface area (Å²) in [4.78, 5) is 7.32. The summed E-state index contributed by atoms with van der Waals surface area (Å²) in [5.41, 5.74) is 0.984. The summed E-state index contributed by atoms with van der Waals surface area (Å²) in [6, 6.07) is 3.84. The van der Waals surface area contributed by atoms with Crippen LogP contribution in [0.3, 0.4) is 0 Å². The van der Waals surface area contributed by atoms with Gasteiger partial charge < -0.3 is 14.3 Å². The van der Waals surface area contributed by atoms with Crippen molar-refractivity contribution in [2.45, 2.75) is 38.9 Å². The van der Waals surface area contributed by atoms with Crippen molar-refractivity contribution in [3.8, 4) is 0 Å². The Bertz CT molecular complexity index is 623. The van der Waals surface area contributed by atoms with E-state index < -0.39 is 7.12 Å². The van der Waals surface area contributed by atoms with Gasteiger partial charge in [0, 0.05) is 17.0 Å². The maximum Gasteiger partial charge on any atom is 0.496 e. The normalized spacial score (nSPS) is 21.2. The second-order valence-corrected chi connectivity index (χ2v) is 6.32. The molecule has 0 bridgehead atoms. The van der Waals surface area contributed by atoms with Gasteiger partial charge in [0.15, 0.2) is 0 Å². The molecule has 0 aliphatic carbocycles. The lowest BCUT2D eigenvalue weighted by Gasteiger charge is -2.32. The molecular weight excluding hydrogens is 262 g/mol. The fourth-order valence-electron chi connectivity index (χ4n) is 2.11. The van der Waals surface area contributed by atoms with Crippen LogP contribution in [0.5, 0.6) is 0 Å². The Morgan fingerprint density at radius 2 is 1.79 bits per heavy atom. The van der Waals surface area contributed by atoms with Crippen LogP contribution in [0.4, 0.5) is 0 Å². The molecule has 3 rings (SSSR count). The van der Waals surface area contributed by atoms with Crippen LogP contribution in [-0.4, -0.2) is 28.3 Å². The first-order chi connectivity index (χ1) is 8.78. The SMILES string of the molecule is CC1(C)OB(c2cnc3[nH]c(Cl)cc3c2)OC1(C)C. The zero-order chi connectivity index (χ0) is 13.8. The molecule has 19 heavy (non-hydrogen) atoms. The molecule has 0 radical (unpaired) electrons. The highest BCUT2D eigenvalue weighted by Gasteiger charge is 2.51. The van der Waals surface area contributed by atoms with Gasteiger partial charge in [0.05, 0.1) is 11.2 Å². The lowest BCUT2D eigenvalue weighted by molar-refractivity contribution is 0.00578. The molecule has 1 fully saturated rings. The summed E-state index contributed by atoms with van der Waals surface area (Å²) < 4.78 is 12.0. The first kappa shape index (κ1) is 13.0. The minimum absolute atomic E-state index is 0.345. The van der Waals surface area contributed by atoms with Gasteiger partial charge in [-0.2, -0.15) is 0 Å². The lowest BCUT2D eigenvalue weighted by atomic mass is 9.80. The van der Waals surface area contributed by atoms with Crippen LogP contribution < -0.4 is 5.46 Å². The standard InChI is InChI=1S/C13H16BClN2O2/c1-12(2)13(3,4)19-14(18-12)9-5-8-6-10(15)17-11(8)16-7-9/h5-7H,1-4H3,(H,16,17). The highest BCUT2D eigenvalue weighted by Crippen LogP contribution is 2.36. The average molecular weight is 279 g/mol. The molecule has 3 heterocycles. The lowest BCUT2D eigenvalue weighted by Crippen LogP contribution is -2.41. The monoisotopic (exact) mass is 278 g/mol. The zero-order valence-electron chi connectivity index (χ0n) is 11.5. The van der Waals surface area contributed by atoms with Crippen molar-refractivity contribution in [2.24, 2.45) is 0 Å². The number of nitrogens with zero attached hydrogens (tertiary/aromatic N) is 1. The van der Waals surface area contributed by atoms with Gasteiger partial charge in [-0.25, -0.2) is 4.98 Å². The summed E-state index contributed by atoms with van der Waals surface area (Å²) in [6.07, 6.45) is 1.76. The number of H-pyrrole nitrogens is 1. The predicted molar refractivity (Wildman–Crippen MR) is 76.8 cm³/mol. The Morgan fingerprint density at radius 3 is 2.42 bits per heavy atom. The summed E-state index contributed by atoms with van der Waals surface area (Å²) >= 11 is 5.93. The van der Waals surface area contributed by atoms with Gasteiger partial charge in [-0.05, 0) is 39.8 Å². The van der Waals surface area contributed by atoms with Gasteiger partial charge in [-0.15, -0.1) is 0 Å². The van der Waals surface area contributed by atoms with E-state index in [1.165, 1.54) is 0 Å². The maximum absolute atomic E-state index is 6.00. The Balaban J connectivity index is 1.97. The predicted octanol–water partition coefficient (Wildman–Crippen LogP) is 2.52. The Hall–Kier alpha value is -1.04. The molecule has 6 heteroatoms. The first-order valence-corrected chi connectivity index (χ1v) is 6.66. The highest BCUT2D eigenvalue weighted by molar-refractivity contribution is 6.62. The van der Waals surface area contributed by atoms with Crippen molar-refractivity contribution in [2.75, 3.05) is 0 Å². The second kappa shape index (κ2) is 3.98. The molecule has 1 aliphatic heterocycles. The van der Waals surface area contributed by atoms with E-state index in [1.54, 1.807) is 6.20 Å². The van der Waals surface area contributed by atoms with Crippen molar-refractivity contribution in [3.05, 3.63) is 23.5 Å². The maximum atomic E-state index is 6.00. The van der Waals surface area contributed by atoms with Gasteiger partial charge >= 0.3 is 7.12 Å². The molecule has 0 spiro atoms. The van der Waals surface area contributed by atoms with E-state index in [0.717, 1.165) is 16.5 Å². The number of rotatable bonds is 1. The third kappa shape index (κ3) is 2.06. The van der Waals surface area contributed by atoms with Gasteiger partial charge in [0.1, 0.15) is 10.8 Å². The third-order valence-corrected chi connectivity index (χ3v) is 4.19. The summed E-state index contributed by atoms with van der Waals surface area (Å²) in [6.45, 7) is 8.14. The Labute approximate surface area is 117 Å². The molecule has 2 aromatic rings. The first-order valence-electron chi connectivity index (χ1n) is 6.28. The number of fused-ring (bicyclic) bond motifs is 1. The van der Waals surface area contributed by atoms with Crippen molar-refractivity contribution in [1.29, 1.82) is 0 Å². The fourth-order valence-corrected chi connectivity index (χ4v) is 2.31. The van der Waals surface area contributed by atoms with Crippen LogP contribution in [-0.2, 0) is 9.31 Å². The number of hydrogen-bond acceptors (Lipinski definition) is 3. The topological polar surface area (TPSA) is 47.1 Å². The van der Waals surface area contributed by atoms with Crippen LogP contribution in [0, 0.1) is 0 Å². The van der Waals surface area contributed by atoms with Gasteiger partial charge in [-0.1, -0.05) is 11.6 Å². The molecule has 1 saturated heterocycles. The van der Waals surface area contributed by atoms with Crippen LogP contribution in [0.25, 0.3) is 11.0 Å². The molecular formula is C13H16BClN2O2. The van der Waals surface area contributed by atoms with E-state index in [2.05, 4.69) is 9.97 Å². The fraction of sp³-hybridized carbons (Fsp3) is 0.462. The Kier molecular flexibility index (Phi) is 2.72. The molecule has 100 valence electrons. The molecule has 4 nitrogen and oxygen atoms in total. The van der Waals surface area contributed by atoms with Crippen molar-refractivity contribution < 1.29 is 9.31 Å². The van der Waals surface area contributed by atoms with Crippen LogP contribution in [0.2, 0.25) is 5.15 Å². The molecule has 0 amide bonds. The van der Waals surface area contributed by atoms with E-state index in [-0.39, 0.29) is 11.2 Å². The van der Waals surface area contributed by atoms with Crippen molar-refractivity contribution in [1.82, 2.24) is 9.97 Å². The molecule has 1 N–H and O–H groups in total. The van der Waals surface area contributed by atoms with E-state index in [0.29, 0.717) is 5.15 Å². The van der Waals surface area contributed by atoms with E-state index in [4.69, 9.17) is 20.9 Å². The summed E-state index contributed by atoms with van der Waals surface area (Å²) in [7, 11) is -0.393. The summed E-state index contributed by atoms with van der Waals surface area (Å²) in [5, 5.41) is 1.53. The average Bonchev–Trinajstić information content (AvgIpc) is 2.74. The van der Waals surface area contributed by atoms with Gasteiger partial charge in [-0.3, -0.25) is 0 Å². The van der Waals surface area contributed by atoms with E-state index in [9.17, 15) is 0 Å². The number of halogens is 1. The largest absolute Gasteiger partial charge is 0.496 e. The third-order valence-electron chi connectivity index (χ3n) is 3.98. The minimum atomic E-state index is -0.393. The number of hydrogen-bond donors (Lipinski definition) is 1. The van der Waals surface area contributed by atoms with Crippen molar-refractivity contribution >= 4 is 35.2 Å². The Morgan fingerprint density at radius 1 is 1.16 bits per heavy atom. The summed E-state index contributed by atoms with van der Waals surface area (Å²) in [5.74, 6) is 0. The molecule has 1 aliphatic rings. The highest BCUT2D eigenvalue weighted by atomic mass is 35.5. The number of nitrogens with one attached hydrogen (secondary N) is 1. The van der Waals surface area contributed by atoms with E-state index >= 15 is 0 Å². The van der Waals surface area contributed by atoms with Gasteiger partial charge in [0.2, 0.25) is 0 Å². The van der Waals surface area contributed by atoms with Gasteiger partial charge in [0.25, 0.3) is 0 Å². The molecule has 0 saturated carbocycles. The minimum Gasteiger partial charge on any atom is -0.399 e. The van der Waals surface area contributed by atoms with Crippen LogP contribution >= 0.6 is 11.6 Å². The second-order valence-electron chi connectivity index (χ2n) is 5.91. The number of aromatic nitrogens is 2. The molecule has 2 aromatic heterocycles. The van der Waals surface area contributed by atoms with Crippen LogP contribution in [0.15, 0.2) is 18.3 Å². The molecule has 0 atom stereocenters. The molecule has 0 aromatic carbocycles. The molecule has 0 unspecified atom stereocenters. The number of pyridine rings is 1. The van der Waals surface area contributed by atoms with E-state index in [1.807, 2.05) is 39.8 Å². The smallest absolute Gasteiger partial charge is 0.399 e. The number of aromatic amines is 1. The van der Waals surface area contributed by atoms with Crippen LogP contribution in [0.1, 0.15) is 27.7 Å².